The molecule has 1 aliphatic carbocycles. The molecular weight excluding hydrogens is 598 g/mol. The number of carboxylic acid groups (broad SMARTS) is 1. The fourth-order valence-electron chi connectivity index (χ4n) is 6.32. The van der Waals surface area contributed by atoms with Crippen LogP contribution in [0.4, 0.5) is 27.6 Å². The maximum absolute atomic E-state index is 16.1. The van der Waals surface area contributed by atoms with Crippen LogP contribution in [0.25, 0.3) is 5.57 Å². The van der Waals surface area contributed by atoms with E-state index in [1.54, 1.807) is 76.2 Å². The highest BCUT2D eigenvalue weighted by molar-refractivity contribution is 7.83. The van der Waals surface area contributed by atoms with E-state index in [0.29, 0.717) is 16.7 Å². The molecule has 224 valence electrons. The number of hydrogen-bond donors (Lipinski definition) is 1. The molecule has 1 unspecified atom stereocenters. The van der Waals surface area contributed by atoms with Gasteiger partial charge < -0.3 is 14.6 Å². The molecule has 1 N–H and O–H groups in total. The highest BCUT2D eigenvalue weighted by Gasteiger charge is 2.46. The van der Waals surface area contributed by atoms with Crippen molar-refractivity contribution in [2.24, 2.45) is 0 Å². The van der Waals surface area contributed by atoms with Crippen molar-refractivity contribution in [3.8, 4) is 0 Å². The largest absolute Gasteiger partial charge is 0.478 e. The second-order valence-corrected chi connectivity index (χ2v) is 14.0. The van der Waals surface area contributed by atoms with Crippen molar-refractivity contribution in [3.05, 3.63) is 117 Å². The van der Waals surface area contributed by atoms with Crippen molar-refractivity contribution in [3.63, 3.8) is 0 Å². The van der Waals surface area contributed by atoms with Crippen LogP contribution < -0.4 is 15.5 Å². The summed E-state index contributed by atoms with van der Waals surface area (Å²) in [6, 6.07) is 13.4. The summed E-state index contributed by atoms with van der Waals surface area (Å²) in [6.45, 7) is 1.48. The number of aromatic carboxylic acids is 1. The molecular formula is C33H25F5N2O3P+. The molecule has 2 fully saturated rings. The first-order valence-electron chi connectivity index (χ1n) is 14.0. The van der Waals surface area contributed by atoms with Crippen LogP contribution in [0, 0.1) is 24.4 Å². The minimum absolute atomic E-state index is 0.0636. The lowest BCUT2D eigenvalue weighted by Gasteiger charge is -2.39. The Morgan fingerprint density at radius 2 is 1.66 bits per heavy atom. The van der Waals surface area contributed by atoms with Crippen LogP contribution in [-0.2, 0) is 4.57 Å². The molecule has 3 aromatic rings. The molecule has 7 rings (SSSR count). The van der Waals surface area contributed by atoms with Crippen LogP contribution >= 0.6 is 7.14 Å². The maximum atomic E-state index is 16.1. The van der Waals surface area contributed by atoms with Crippen molar-refractivity contribution in [1.82, 2.24) is 0 Å². The molecule has 2 saturated heterocycles. The number of carboxylic acids is 1. The fourth-order valence-corrected chi connectivity index (χ4v) is 9.41. The summed E-state index contributed by atoms with van der Waals surface area (Å²) >= 11 is 0. The SMILES string of the molecule is Cc1c(F)c(F)c(C(=O)O)c(C2=C3C=CC(=[N+]4CC(F)C4)C=C3P(=O)(c3ccccc3)c3cc(N4CC(F)C4)ccc32)c1F. The first-order chi connectivity index (χ1) is 21.0. The number of alkyl halides is 2. The van der Waals surface area contributed by atoms with E-state index in [9.17, 15) is 23.1 Å². The molecule has 0 amide bonds. The zero-order chi connectivity index (χ0) is 31.1. The van der Waals surface area contributed by atoms with Gasteiger partial charge in [0.15, 0.2) is 31.9 Å². The second-order valence-electron chi connectivity index (χ2n) is 11.3. The van der Waals surface area contributed by atoms with Gasteiger partial charge in [0.25, 0.3) is 0 Å². The van der Waals surface area contributed by atoms with E-state index in [4.69, 9.17) is 0 Å². The van der Waals surface area contributed by atoms with E-state index >= 15 is 13.3 Å². The Balaban J connectivity index is 1.61. The van der Waals surface area contributed by atoms with Crippen LogP contribution in [0.2, 0.25) is 0 Å². The van der Waals surface area contributed by atoms with E-state index in [1.807, 2.05) is 0 Å². The van der Waals surface area contributed by atoms with Crippen LogP contribution in [0.3, 0.4) is 0 Å². The Morgan fingerprint density at radius 1 is 0.955 bits per heavy atom. The standard InChI is InChI=1S/C33H24F5N2O3P/c1-17-30(36)28(29(33(41)42)32(38)31(17)37)27-23-9-7-20(39-13-18(34)14-39)11-25(23)44(43,22-5-3-2-4-6-22)26-12-21(8-10-24(26)27)40-15-19(35)16-40/h2-12,18-19H,13-16H2,1H3/p+1. The number of anilines is 1. The predicted molar refractivity (Wildman–Crippen MR) is 158 cm³/mol. The third kappa shape index (κ3) is 4.07. The van der Waals surface area contributed by atoms with Gasteiger partial charge in [-0.2, -0.15) is 0 Å². The van der Waals surface area contributed by atoms with E-state index in [2.05, 4.69) is 0 Å². The van der Waals surface area contributed by atoms with Crippen molar-refractivity contribution in [2.45, 2.75) is 19.3 Å². The van der Waals surface area contributed by atoms with Crippen LogP contribution in [0.5, 0.6) is 0 Å². The van der Waals surface area contributed by atoms with Gasteiger partial charge in [-0.15, -0.1) is 0 Å². The predicted octanol–water partition coefficient (Wildman–Crippen LogP) is 5.66. The molecule has 11 heteroatoms. The fraction of sp³-hybridized carbons (Fsp3) is 0.212. The zero-order valence-corrected chi connectivity index (χ0v) is 24.2. The molecule has 44 heavy (non-hydrogen) atoms. The molecule has 3 heterocycles. The van der Waals surface area contributed by atoms with Crippen LogP contribution in [-0.4, -0.2) is 59.9 Å². The van der Waals surface area contributed by atoms with Crippen molar-refractivity contribution in [2.75, 3.05) is 31.1 Å². The first-order valence-corrected chi connectivity index (χ1v) is 15.7. The highest BCUT2D eigenvalue weighted by atomic mass is 31.2. The number of rotatable bonds is 4. The lowest BCUT2D eigenvalue weighted by Crippen LogP contribution is -2.48. The van der Waals surface area contributed by atoms with Gasteiger partial charge in [-0.25, -0.2) is 31.3 Å². The summed E-state index contributed by atoms with van der Waals surface area (Å²) in [5, 5.41) is 10.9. The number of carbonyl (C=O) groups is 1. The van der Waals surface area contributed by atoms with Gasteiger partial charge in [0.1, 0.15) is 17.6 Å². The Bertz CT molecular complexity index is 1950. The van der Waals surface area contributed by atoms with Gasteiger partial charge in [0.05, 0.1) is 13.1 Å². The van der Waals surface area contributed by atoms with Crippen LogP contribution in [0.15, 0.2) is 77.6 Å². The van der Waals surface area contributed by atoms with Crippen LogP contribution in [0.1, 0.15) is 27.0 Å². The summed E-state index contributed by atoms with van der Waals surface area (Å²) in [7, 11) is -3.83. The normalized spacial score (nSPS) is 22.7. The highest BCUT2D eigenvalue weighted by Crippen LogP contribution is 2.62. The molecule has 0 aromatic heterocycles. The van der Waals surface area contributed by atoms with Gasteiger partial charge in [-0.3, -0.25) is 0 Å². The Labute approximate surface area is 249 Å². The van der Waals surface area contributed by atoms with Crippen molar-refractivity contribution >= 4 is 40.7 Å². The van der Waals surface area contributed by atoms with Gasteiger partial charge in [0.2, 0.25) is 11.9 Å². The molecule has 3 aliphatic heterocycles. The average molecular weight is 624 g/mol. The topological polar surface area (TPSA) is 60.6 Å². The zero-order valence-electron chi connectivity index (χ0n) is 23.3. The Kier molecular flexibility index (Phi) is 6.55. The summed E-state index contributed by atoms with van der Waals surface area (Å²) in [6.07, 6.45) is 2.72. The maximum Gasteiger partial charge on any atom is 0.339 e. The summed E-state index contributed by atoms with van der Waals surface area (Å²) in [5.41, 5.74) is -1.16. The quantitative estimate of drug-likeness (QED) is 0.177. The third-order valence-electron chi connectivity index (χ3n) is 8.71. The molecule has 3 aromatic carbocycles. The molecule has 5 nitrogen and oxygen atoms in total. The van der Waals surface area contributed by atoms with E-state index in [1.165, 1.54) is 0 Å². The number of hydrogen-bond acceptors (Lipinski definition) is 3. The molecule has 0 spiro atoms. The first kappa shape index (κ1) is 28.5. The van der Waals surface area contributed by atoms with E-state index < -0.39 is 59.6 Å². The van der Waals surface area contributed by atoms with Crippen molar-refractivity contribution < 1.29 is 41.0 Å². The number of halogens is 5. The molecule has 0 radical (unpaired) electrons. The summed E-state index contributed by atoms with van der Waals surface area (Å²) in [4.78, 5) is 14.1. The smallest absolute Gasteiger partial charge is 0.339 e. The lowest BCUT2D eigenvalue weighted by molar-refractivity contribution is -0.599. The van der Waals surface area contributed by atoms with Gasteiger partial charge in [-0.05, 0) is 36.3 Å². The molecule has 0 saturated carbocycles. The minimum atomic E-state index is -3.83. The van der Waals surface area contributed by atoms with E-state index in [-0.39, 0.29) is 53.5 Å². The Hall–Kier alpha value is -4.30. The minimum Gasteiger partial charge on any atom is -0.478 e. The van der Waals surface area contributed by atoms with Gasteiger partial charge >= 0.3 is 5.97 Å². The number of fused-ring (bicyclic) bond motifs is 2. The van der Waals surface area contributed by atoms with Gasteiger partial charge in [0, 0.05) is 50.5 Å². The van der Waals surface area contributed by atoms with E-state index in [0.717, 1.165) is 6.92 Å². The molecule has 0 bridgehead atoms. The summed E-state index contributed by atoms with van der Waals surface area (Å²) < 4.78 is 91.3. The number of nitrogens with zero attached hydrogens (tertiary/aromatic N) is 2. The number of benzene rings is 3. The monoisotopic (exact) mass is 623 g/mol. The molecule has 1 atom stereocenters. The summed E-state index contributed by atoms with van der Waals surface area (Å²) in [5.74, 6) is -6.46. The second kappa shape index (κ2) is 10.1. The lowest BCUT2D eigenvalue weighted by atomic mass is 9.85. The average Bonchev–Trinajstić information content (AvgIpc) is 2.99. The Morgan fingerprint density at radius 3 is 2.30 bits per heavy atom. The van der Waals surface area contributed by atoms with Crippen molar-refractivity contribution in [1.29, 1.82) is 0 Å². The third-order valence-corrected chi connectivity index (χ3v) is 11.8. The number of allylic oxidation sites excluding steroid dienone is 5. The van der Waals surface area contributed by atoms with Gasteiger partial charge in [-0.1, -0.05) is 36.4 Å². The molecule has 4 aliphatic rings.